The van der Waals surface area contributed by atoms with Gasteiger partial charge in [0.25, 0.3) is 0 Å². The highest BCUT2D eigenvalue weighted by Gasteiger charge is 2.28. The third-order valence-corrected chi connectivity index (χ3v) is 3.96. The molecule has 1 aliphatic heterocycles. The van der Waals surface area contributed by atoms with Crippen molar-refractivity contribution < 1.29 is 4.39 Å². The number of nitrogens with two attached hydrogens (primary N) is 1. The molecule has 2 N–H and O–H groups in total. The van der Waals surface area contributed by atoms with E-state index in [0.29, 0.717) is 5.52 Å². The van der Waals surface area contributed by atoms with Crippen LogP contribution in [-0.2, 0) is 18.5 Å². The quantitative estimate of drug-likeness (QED) is 0.868. The van der Waals surface area contributed by atoms with E-state index in [9.17, 15) is 4.39 Å². The number of para-hydroxylation sites is 1. The molecule has 0 atom stereocenters. The van der Waals surface area contributed by atoms with Crippen molar-refractivity contribution in [2.24, 2.45) is 5.73 Å². The summed E-state index contributed by atoms with van der Waals surface area (Å²) in [6.07, 6.45) is 0.846. The van der Waals surface area contributed by atoms with E-state index in [1.807, 2.05) is 19.9 Å². The maximum Gasteiger partial charge on any atom is 0.149 e. The zero-order chi connectivity index (χ0) is 14.5. The van der Waals surface area contributed by atoms with Gasteiger partial charge in [-0.2, -0.15) is 0 Å². The summed E-state index contributed by atoms with van der Waals surface area (Å²) in [5, 5.41) is 0.839. The molecular weight excluding hydrogens is 253 g/mol. The Labute approximate surface area is 118 Å². The van der Waals surface area contributed by atoms with Crippen LogP contribution in [-0.4, -0.2) is 23.5 Å². The number of nitrogens with zero attached hydrogens (tertiary/aromatic N) is 2. The van der Waals surface area contributed by atoms with Gasteiger partial charge in [-0.05, 0) is 38.1 Å². The Morgan fingerprint density at radius 3 is 2.80 bits per heavy atom. The van der Waals surface area contributed by atoms with Crippen LogP contribution in [0.5, 0.6) is 0 Å². The summed E-state index contributed by atoms with van der Waals surface area (Å²) in [5.74, 6) is -0.269. The molecule has 2 aromatic rings. The summed E-state index contributed by atoms with van der Waals surface area (Å²) < 4.78 is 14.1. The zero-order valence-electron chi connectivity index (χ0n) is 12.2. The van der Waals surface area contributed by atoms with E-state index in [1.54, 1.807) is 6.07 Å². The second-order valence-corrected chi connectivity index (χ2v) is 6.26. The molecule has 1 aromatic heterocycles. The normalized spacial score (nSPS) is 16.4. The number of likely N-dealkylation sites (N-methyl/N-ethyl adjacent to an activating group) is 1. The number of pyridine rings is 1. The van der Waals surface area contributed by atoms with E-state index in [2.05, 4.69) is 16.9 Å². The Hall–Kier alpha value is -1.52. The van der Waals surface area contributed by atoms with Crippen molar-refractivity contribution in [1.29, 1.82) is 0 Å². The number of benzene rings is 1. The topological polar surface area (TPSA) is 42.2 Å². The first-order valence-electron chi connectivity index (χ1n) is 6.96. The monoisotopic (exact) mass is 273 g/mol. The number of halogens is 1. The lowest BCUT2D eigenvalue weighted by atomic mass is 9.85. The van der Waals surface area contributed by atoms with Gasteiger partial charge in [0, 0.05) is 36.1 Å². The van der Waals surface area contributed by atoms with Gasteiger partial charge in [0.1, 0.15) is 11.3 Å². The zero-order valence-corrected chi connectivity index (χ0v) is 12.2. The fourth-order valence-corrected chi connectivity index (χ4v) is 3.10. The molecule has 3 nitrogen and oxygen atoms in total. The van der Waals surface area contributed by atoms with Crippen LogP contribution in [0, 0.1) is 5.82 Å². The minimum absolute atomic E-state index is 0.269. The summed E-state index contributed by atoms with van der Waals surface area (Å²) in [4.78, 5) is 6.82. The van der Waals surface area contributed by atoms with Crippen molar-refractivity contribution >= 4 is 10.9 Å². The van der Waals surface area contributed by atoms with E-state index in [-0.39, 0.29) is 5.82 Å². The van der Waals surface area contributed by atoms with Crippen LogP contribution in [0.4, 0.5) is 4.39 Å². The van der Waals surface area contributed by atoms with Crippen molar-refractivity contribution in [2.75, 3.05) is 13.6 Å². The molecule has 20 heavy (non-hydrogen) atoms. The average molecular weight is 273 g/mol. The highest BCUT2D eigenvalue weighted by Crippen LogP contribution is 2.34. The van der Waals surface area contributed by atoms with Gasteiger partial charge in [0.05, 0.1) is 0 Å². The average Bonchev–Trinajstić information content (AvgIpc) is 2.35. The molecule has 3 rings (SSSR count). The van der Waals surface area contributed by atoms with E-state index < -0.39 is 5.54 Å². The lowest BCUT2D eigenvalue weighted by Crippen LogP contribution is -2.35. The van der Waals surface area contributed by atoms with Gasteiger partial charge < -0.3 is 10.6 Å². The standard InChI is InChI=1S/C16H20FN3/c1-16(2,18)14-10-5-4-6-12(17)15(10)19-13-7-8-20(3)9-11(13)14/h4-6H,7-9,18H2,1-3H3. The van der Waals surface area contributed by atoms with Crippen LogP contribution >= 0.6 is 0 Å². The molecule has 1 aliphatic rings. The number of fused-ring (bicyclic) bond motifs is 2. The molecule has 0 saturated heterocycles. The molecule has 4 heteroatoms. The number of hydrogen-bond donors (Lipinski definition) is 1. The minimum atomic E-state index is -0.517. The largest absolute Gasteiger partial charge is 0.322 e. The summed E-state index contributed by atoms with van der Waals surface area (Å²) in [5.41, 5.74) is 9.50. The molecule has 106 valence electrons. The van der Waals surface area contributed by atoms with Crippen molar-refractivity contribution in [2.45, 2.75) is 32.4 Å². The predicted octanol–water partition coefficient (Wildman–Crippen LogP) is 2.56. The first-order chi connectivity index (χ1) is 9.38. The van der Waals surface area contributed by atoms with Crippen LogP contribution in [0.25, 0.3) is 10.9 Å². The Balaban J connectivity index is 2.41. The van der Waals surface area contributed by atoms with E-state index in [4.69, 9.17) is 5.73 Å². The first-order valence-corrected chi connectivity index (χ1v) is 6.96. The van der Waals surface area contributed by atoms with Crippen molar-refractivity contribution in [1.82, 2.24) is 9.88 Å². The molecule has 0 saturated carbocycles. The predicted molar refractivity (Wildman–Crippen MR) is 79.0 cm³/mol. The Morgan fingerprint density at radius 1 is 1.35 bits per heavy atom. The second kappa shape index (κ2) is 4.50. The van der Waals surface area contributed by atoms with Crippen molar-refractivity contribution in [3.8, 4) is 0 Å². The van der Waals surface area contributed by atoms with Gasteiger partial charge in [-0.25, -0.2) is 9.37 Å². The maximum atomic E-state index is 14.1. The molecule has 0 radical (unpaired) electrons. The van der Waals surface area contributed by atoms with E-state index in [1.165, 1.54) is 11.6 Å². The highest BCUT2D eigenvalue weighted by atomic mass is 19.1. The third-order valence-electron chi connectivity index (χ3n) is 3.96. The van der Waals surface area contributed by atoms with Gasteiger partial charge in [-0.3, -0.25) is 0 Å². The van der Waals surface area contributed by atoms with Gasteiger partial charge in [0.15, 0.2) is 0 Å². The molecule has 0 unspecified atom stereocenters. The van der Waals surface area contributed by atoms with Crippen LogP contribution in [0.3, 0.4) is 0 Å². The summed E-state index contributed by atoms with van der Waals surface area (Å²) >= 11 is 0. The van der Waals surface area contributed by atoms with E-state index >= 15 is 0 Å². The number of aromatic nitrogens is 1. The summed E-state index contributed by atoms with van der Waals surface area (Å²) in [6.45, 7) is 5.72. The van der Waals surface area contributed by atoms with Crippen LogP contribution in [0.2, 0.25) is 0 Å². The molecule has 0 bridgehead atoms. The first kappa shape index (κ1) is 13.5. The molecule has 0 spiro atoms. The Morgan fingerprint density at radius 2 is 2.10 bits per heavy atom. The number of hydrogen-bond acceptors (Lipinski definition) is 3. The SMILES string of the molecule is CN1CCc2nc3c(F)cccc3c(C(C)(C)N)c2C1. The van der Waals surface area contributed by atoms with Crippen LogP contribution < -0.4 is 5.73 Å². The van der Waals surface area contributed by atoms with E-state index in [0.717, 1.165) is 36.2 Å². The summed E-state index contributed by atoms with van der Waals surface area (Å²) in [6, 6.07) is 5.11. The van der Waals surface area contributed by atoms with Crippen LogP contribution in [0.1, 0.15) is 30.7 Å². The fourth-order valence-electron chi connectivity index (χ4n) is 3.10. The van der Waals surface area contributed by atoms with Crippen molar-refractivity contribution in [3.05, 3.63) is 40.8 Å². The number of rotatable bonds is 1. The smallest absolute Gasteiger partial charge is 0.149 e. The molecule has 0 amide bonds. The summed E-state index contributed by atoms with van der Waals surface area (Å²) in [7, 11) is 2.09. The fraction of sp³-hybridized carbons (Fsp3) is 0.438. The Kier molecular flexibility index (Phi) is 3.03. The van der Waals surface area contributed by atoms with Crippen molar-refractivity contribution in [3.63, 3.8) is 0 Å². The molecule has 2 heterocycles. The third kappa shape index (κ3) is 2.09. The van der Waals surface area contributed by atoms with Crippen LogP contribution in [0.15, 0.2) is 18.2 Å². The minimum Gasteiger partial charge on any atom is -0.322 e. The molecule has 0 fully saturated rings. The molecular formula is C16H20FN3. The lowest BCUT2D eigenvalue weighted by molar-refractivity contribution is 0.306. The Bertz CT molecular complexity index is 673. The maximum absolute atomic E-state index is 14.1. The van der Waals surface area contributed by atoms with Gasteiger partial charge in [-0.1, -0.05) is 12.1 Å². The second-order valence-electron chi connectivity index (χ2n) is 6.26. The van der Waals surface area contributed by atoms with Gasteiger partial charge >= 0.3 is 0 Å². The molecule has 0 aliphatic carbocycles. The highest BCUT2D eigenvalue weighted by molar-refractivity contribution is 5.85. The van der Waals surface area contributed by atoms with Gasteiger partial charge in [0.2, 0.25) is 0 Å². The lowest BCUT2D eigenvalue weighted by Gasteiger charge is -2.32. The molecule has 1 aromatic carbocycles. The van der Waals surface area contributed by atoms with Gasteiger partial charge in [-0.15, -0.1) is 0 Å².